The van der Waals surface area contributed by atoms with Gasteiger partial charge < -0.3 is 14.6 Å². The number of nitrogens with zero attached hydrogens (tertiary/aromatic N) is 1. The number of nitrogens with one attached hydrogen (secondary N) is 1. The summed E-state index contributed by atoms with van der Waals surface area (Å²) in [6, 6.07) is 18.7. The Bertz CT molecular complexity index is 1510. The van der Waals surface area contributed by atoms with Crippen LogP contribution in [-0.4, -0.2) is 31.5 Å². The fourth-order valence-corrected chi connectivity index (χ4v) is 5.49. The Morgan fingerprint density at radius 3 is 2.38 bits per heavy atom. The number of hydrogen-bond donors (Lipinski definition) is 1. The smallest absolute Gasteiger partial charge is 0.338 e. The summed E-state index contributed by atoms with van der Waals surface area (Å²) in [5.41, 5.74) is 1.95. The maximum Gasteiger partial charge on any atom is 0.338 e. The van der Waals surface area contributed by atoms with Gasteiger partial charge in [-0.2, -0.15) is 0 Å². The van der Waals surface area contributed by atoms with Crippen LogP contribution in [0.4, 0.5) is 10.1 Å². The van der Waals surface area contributed by atoms with Gasteiger partial charge in [-0.05, 0) is 54.4 Å². The van der Waals surface area contributed by atoms with E-state index in [1.54, 1.807) is 53.1 Å². The summed E-state index contributed by atoms with van der Waals surface area (Å²) in [6.45, 7) is 2.25. The number of carbonyl (C=O) groups excluding carboxylic acids is 2. The summed E-state index contributed by atoms with van der Waals surface area (Å²) in [5, 5.41) is 3.27. The molecule has 4 rings (SSSR count). The van der Waals surface area contributed by atoms with E-state index in [0.717, 1.165) is 12.8 Å². The zero-order chi connectivity index (χ0) is 26.4. The van der Waals surface area contributed by atoms with Crippen molar-refractivity contribution in [1.29, 1.82) is 0 Å². The molecule has 0 unspecified atom stereocenters. The molecule has 0 saturated heterocycles. The minimum absolute atomic E-state index is 0.103. The van der Waals surface area contributed by atoms with E-state index in [-0.39, 0.29) is 23.1 Å². The minimum atomic E-state index is -3.77. The fraction of sp³-hybridized carbons (Fsp3) is 0.214. The number of carbonyl (C=O) groups is 2. The third kappa shape index (κ3) is 6.42. The second kappa shape index (κ2) is 11.4. The van der Waals surface area contributed by atoms with Crippen LogP contribution in [0.2, 0.25) is 0 Å². The van der Waals surface area contributed by atoms with Crippen molar-refractivity contribution in [2.45, 2.75) is 37.0 Å². The van der Waals surface area contributed by atoms with Crippen LogP contribution in [0, 0.1) is 5.82 Å². The standard InChI is InChI=1S/C28H27FN2O5S/c1-2-3-16-36-28(33)21-10-14-23(15-11-21)30-27(32)18-31-17-26(24-6-4-5-7-25(24)31)37(34,35)19-20-8-12-22(29)13-9-20/h4-15,17H,2-3,16,18-19H2,1H3,(H,30,32). The van der Waals surface area contributed by atoms with Gasteiger partial charge in [0.05, 0.1) is 22.8 Å². The SMILES string of the molecule is CCCCOC(=O)c1ccc(NC(=O)Cn2cc(S(=O)(=O)Cc3ccc(F)cc3)c3ccccc32)cc1. The summed E-state index contributed by atoms with van der Waals surface area (Å²) in [6.07, 6.45) is 3.18. The maximum atomic E-state index is 13.2. The Morgan fingerprint density at radius 2 is 1.68 bits per heavy atom. The van der Waals surface area contributed by atoms with Crippen molar-refractivity contribution in [3.05, 3.63) is 95.9 Å². The van der Waals surface area contributed by atoms with E-state index < -0.39 is 21.6 Å². The zero-order valence-corrected chi connectivity index (χ0v) is 21.1. The third-order valence-corrected chi connectivity index (χ3v) is 7.52. The van der Waals surface area contributed by atoms with E-state index in [4.69, 9.17) is 4.74 Å². The fourth-order valence-electron chi connectivity index (χ4n) is 3.91. The van der Waals surface area contributed by atoms with E-state index in [0.29, 0.717) is 34.3 Å². The molecule has 3 aromatic carbocycles. The summed E-state index contributed by atoms with van der Waals surface area (Å²) in [5.74, 6) is -1.51. The van der Waals surface area contributed by atoms with Crippen LogP contribution in [0.25, 0.3) is 10.9 Å². The molecule has 0 aliphatic carbocycles. The molecule has 0 bridgehead atoms. The second-order valence-electron chi connectivity index (χ2n) is 8.64. The highest BCUT2D eigenvalue weighted by atomic mass is 32.2. The number of aromatic nitrogens is 1. The maximum absolute atomic E-state index is 13.2. The molecule has 0 saturated carbocycles. The van der Waals surface area contributed by atoms with E-state index >= 15 is 0 Å². The van der Waals surface area contributed by atoms with Crippen molar-refractivity contribution in [3.63, 3.8) is 0 Å². The second-order valence-corrected chi connectivity index (χ2v) is 10.6. The van der Waals surface area contributed by atoms with Crippen LogP contribution >= 0.6 is 0 Å². The number of esters is 1. The molecule has 1 heterocycles. The van der Waals surface area contributed by atoms with Gasteiger partial charge in [-0.15, -0.1) is 0 Å². The number of anilines is 1. The van der Waals surface area contributed by atoms with Gasteiger partial charge >= 0.3 is 5.97 Å². The molecular weight excluding hydrogens is 495 g/mol. The van der Waals surface area contributed by atoms with Crippen molar-refractivity contribution in [2.75, 3.05) is 11.9 Å². The molecule has 0 spiro atoms. The van der Waals surface area contributed by atoms with Gasteiger partial charge in [0.1, 0.15) is 12.4 Å². The first-order valence-corrected chi connectivity index (χ1v) is 13.5. The van der Waals surface area contributed by atoms with Crippen molar-refractivity contribution >= 4 is 38.3 Å². The molecule has 37 heavy (non-hydrogen) atoms. The summed E-state index contributed by atoms with van der Waals surface area (Å²) >= 11 is 0. The minimum Gasteiger partial charge on any atom is -0.462 e. The molecule has 1 aromatic heterocycles. The lowest BCUT2D eigenvalue weighted by atomic mass is 10.2. The molecular formula is C28H27FN2O5S. The highest BCUT2D eigenvalue weighted by Crippen LogP contribution is 2.28. The molecule has 1 amide bonds. The van der Waals surface area contributed by atoms with E-state index in [2.05, 4.69) is 5.32 Å². The van der Waals surface area contributed by atoms with Gasteiger partial charge in [-0.3, -0.25) is 4.79 Å². The Hall–Kier alpha value is -3.98. The quantitative estimate of drug-likeness (QED) is 0.224. The Balaban J connectivity index is 1.49. The average Bonchev–Trinajstić information content (AvgIpc) is 3.25. The monoisotopic (exact) mass is 522 g/mol. The van der Waals surface area contributed by atoms with E-state index in [1.165, 1.54) is 30.5 Å². The average molecular weight is 523 g/mol. The third-order valence-electron chi connectivity index (χ3n) is 5.81. The van der Waals surface area contributed by atoms with Crippen LogP contribution in [0.3, 0.4) is 0 Å². The first-order chi connectivity index (χ1) is 17.8. The summed E-state index contributed by atoms with van der Waals surface area (Å²) in [4.78, 5) is 24.9. The van der Waals surface area contributed by atoms with Crippen molar-refractivity contribution in [2.24, 2.45) is 0 Å². The molecule has 7 nitrogen and oxygen atoms in total. The van der Waals surface area contributed by atoms with Crippen molar-refractivity contribution in [1.82, 2.24) is 4.57 Å². The van der Waals surface area contributed by atoms with Crippen LogP contribution in [-0.2, 0) is 31.7 Å². The van der Waals surface area contributed by atoms with Crippen molar-refractivity contribution in [3.8, 4) is 0 Å². The topological polar surface area (TPSA) is 94.5 Å². The summed E-state index contributed by atoms with van der Waals surface area (Å²) < 4.78 is 46.4. The van der Waals surface area contributed by atoms with Gasteiger partial charge in [0, 0.05) is 22.8 Å². The molecule has 9 heteroatoms. The van der Waals surface area contributed by atoms with Gasteiger partial charge in [-0.25, -0.2) is 17.6 Å². The predicted molar refractivity (Wildman–Crippen MR) is 139 cm³/mol. The lowest BCUT2D eigenvalue weighted by Crippen LogP contribution is -2.18. The van der Waals surface area contributed by atoms with E-state index in [9.17, 15) is 22.4 Å². The molecule has 0 aliphatic rings. The van der Waals surface area contributed by atoms with Crippen LogP contribution in [0.15, 0.2) is 83.9 Å². The van der Waals surface area contributed by atoms with Crippen molar-refractivity contribution < 1.29 is 27.1 Å². The molecule has 1 N–H and O–H groups in total. The highest BCUT2D eigenvalue weighted by Gasteiger charge is 2.22. The van der Waals surface area contributed by atoms with Gasteiger partial charge in [-0.1, -0.05) is 43.7 Å². The Labute approximate surface area is 214 Å². The Morgan fingerprint density at radius 1 is 0.973 bits per heavy atom. The number of benzene rings is 3. The predicted octanol–water partition coefficient (Wildman–Crippen LogP) is 5.35. The highest BCUT2D eigenvalue weighted by molar-refractivity contribution is 7.90. The first kappa shape index (κ1) is 26.1. The lowest BCUT2D eigenvalue weighted by molar-refractivity contribution is -0.116. The normalized spacial score (nSPS) is 11.4. The number of amides is 1. The zero-order valence-electron chi connectivity index (χ0n) is 20.3. The number of fused-ring (bicyclic) bond motifs is 1. The summed E-state index contributed by atoms with van der Waals surface area (Å²) in [7, 11) is -3.77. The van der Waals surface area contributed by atoms with Crippen LogP contribution < -0.4 is 5.32 Å². The number of ether oxygens (including phenoxy) is 1. The number of hydrogen-bond acceptors (Lipinski definition) is 5. The number of rotatable bonds is 10. The number of halogens is 1. The van der Waals surface area contributed by atoms with Gasteiger partial charge in [0.2, 0.25) is 5.91 Å². The van der Waals surface area contributed by atoms with Gasteiger partial charge in [0.25, 0.3) is 0 Å². The molecule has 0 fully saturated rings. The van der Waals surface area contributed by atoms with E-state index in [1.807, 2.05) is 6.92 Å². The lowest BCUT2D eigenvalue weighted by Gasteiger charge is -2.08. The number of unbranched alkanes of at least 4 members (excludes halogenated alkanes) is 1. The van der Waals surface area contributed by atoms with Crippen LogP contribution in [0.1, 0.15) is 35.7 Å². The molecule has 0 radical (unpaired) electrons. The Kier molecular flexibility index (Phi) is 8.03. The largest absolute Gasteiger partial charge is 0.462 e. The van der Waals surface area contributed by atoms with Crippen LogP contribution in [0.5, 0.6) is 0 Å². The molecule has 4 aromatic rings. The number of sulfone groups is 1. The molecule has 192 valence electrons. The number of para-hydroxylation sites is 1. The molecule has 0 atom stereocenters. The molecule has 0 aliphatic heterocycles. The first-order valence-electron chi connectivity index (χ1n) is 11.9. The van der Waals surface area contributed by atoms with Gasteiger partial charge in [0.15, 0.2) is 9.84 Å².